The quantitative estimate of drug-likeness (QED) is 0.190. The van der Waals surface area contributed by atoms with E-state index in [-0.39, 0.29) is 0 Å². The summed E-state index contributed by atoms with van der Waals surface area (Å²) in [5, 5.41) is 33.0. The van der Waals surface area contributed by atoms with Crippen LogP contribution >= 0.6 is 0 Å². The Labute approximate surface area is 295 Å². The fourth-order valence-electron chi connectivity index (χ4n) is 7.87. The molecule has 6 aromatic carbocycles. The molecule has 1 aliphatic carbocycles. The van der Waals surface area contributed by atoms with E-state index < -0.39 is 0 Å². The average Bonchev–Trinajstić information content (AvgIpc) is 3.69. The van der Waals surface area contributed by atoms with Crippen molar-refractivity contribution in [2.24, 2.45) is 5.92 Å². The Morgan fingerprint density at radius 3 is 2.16 bits per heavy atom. The van der Waals surface area contributed by atoms with Crippen molar-refractivity contribution in [3.05, 3.63) is 161 Å². The molecule has 5 heteroatoms. The van der Waals surface area contributed by atoms with Crippen LogP contribution in [-0.4, -0.2) is 9.13 Å². The van der Waals surface area contributed by atoms with E-state index in [2.05, 4.69) is 107 Å². The zero-order valence-electron chi connectivity index (χ0n) is 27.8. The number of allylic oxidation sites excluding steroid dienone is 1. The van der Waals surface area contributed by atoms with Crippen molar-refractivity contribution in [2.45, 2.75) is 13.3 Å². The minimum atomic E-state index is 0.375. The van der Waals surface area contributed by atoms with Crippen LogP contribution in [0.2, 0.25) is 0 Å². The Morgan fingerprint density at radius 2 is 1.33 bits per heavy atom. The second kappa shape index (κ2) is 11.8. The van der Waals surface area contributed by atoms with E-state index in [4.69, 9.17) is 0 Å². The number of rotatable bonds is 4. The highest BCUT2D eigenvalue weighted by atomic mass is 15.0. The molecule has 1 unspecified atom stereocenters. The van der Waals surface area contributed by atoms with Crippen LogP contribution in [0.25, 0.3) is 72.4 Å². The third-order valence-corrected chi connectivity index (χ3v) is 10.2. The second-order valence-electron chi connectivity index (χ2n) is 13.2. The number of hydrogen-bond acceptors (Lipinski definition) is 3. The number of aromatic nitrogens is 2. The molecule has 238 valence electrons. The molecule has 0 amide bonds. The Balaban J connectivity index is 1.18. The van der Waals surface area contributed by atoms with Crippen LogP contribution in [0.3, 0.4) is 0 Å². The maximum absolute atomic E-state index is 10.4. The molecule has 0 aliphatic heterocycles. The van der Waals surface area contributed by atoms with Crippen molar-refractivity contribution in [2.75, 3.05) is 0 Å². The summed E-state index contributed by atoms with van der Waals surface area (Å²) in [4.78, 5) is 0. The van der Waals surface area contributed by atoms with Crippen LogP contribution < -0.4 is 0 Å². The van der Waals surface area contributed by atoms with Crippen LogP contribution in [0, 0.1) is 39.9 Å². The molecule has 0 spiro atoms. The third-order valence-electron chi connectivity index (χ3n) is 10.2. The molecule has 9 rings (SSSR count). The van der Waals surface area contributed by atoms with E-state index in [0.717, 1.165) is 78.3 Å². The van der Waals surface area contributed by atoms with Gasteiger partial charge in [-0.05, 0) is 90.2 Å². The lowest BCUT2D eigenvalue weighted by molar-refractivity contribution is 0.691. The lowest BCUT2D eigenvalue weighted by Gasteiger charge is -2.20. The Morgan fingerprint density at radius 1 is 0.588 bits per heavy atom. The summed E-state index contributed by atoms with van der Waals surface area (Å²) in [6.45, 7) is 2.22. The molecular formula is C46H29N5. The molecule has 0 saturated carbocycles. The van der Waals surface area contributed by atoms with Gasteiger partial charge in [0.1, 0.15) is 0 Å². The van der Waals surface area contributed by atoms with Gasteiger partial charge in [0.15, 0.2) is 0 Å². The number of para-hydroxylation sites is 2. The van der Waals surface area contributed by atoms with Crippen LogP contribution in [0.5, 0.6) is 0 Å². The van der Waals surface area contributed by atoms with E-state index >= 15 is 0 Å². The zero-order chi connectivity index (χ0) is 34.6. The van der Waals surface area contributed by atoms with Crippen LogP contribution in [-0.2, 0) is 6.42 Å². The standard InChI is InChI=1S/C46H29N5/c1-29-13-21-37-40-24-30(26-47)14-22-43(40)51(45(37)23-29)41-10-4-2-8-36(41)39-25-32(15-16-33(39)27-48)31-17-19-35(20-18-31)50-42-11-5-3-9-38(42)46-34(28-49)7-6-12-44(46)50/h2-22,24-25,29H,23H2,1H3. The first-order valence-electron chi connectivity index (χ1n) is 17.0. The molecule has 8 aromatic rings. The van der Waals surface area contributed by atoms with E-state index in [9.17, 15) is 15.8 Å². The number of hydrogen-bond donors (Lipinski definition) is 0. The van der Waals surface area contributed by atoms with Gasteiger partial charge in [-0.15, -0.1) is 0 Å². The summed E-state index contributed by atoms with van der Waals surface area (Å²) in [6.07, 6.45) is 5.31. The minimum absolute atomic E-state index is 0.375. The highest BCUT2D eigenvalue weighted by Crippen LogP contribution is 2.41. The van der Waals surface area contributed by atoms with Gasteiger partial charge < -0.3 is 9.13 Å². The van der Waals surface area contributed by atoms with E-state index in [1.54, 1.807) is 0 Å². The van der Waals surface area contributed by atoms with Crippen molar-refractivity contribution in [3.8, 4) is 51.8 Å². The maximum Gasteiger partial charge on any atom is 0.0998 e. The number of benzene rings is 6. The number of fused-ring (bicyclic) bond motifs is 6. The highest BCUT2D eigenvalue weighted by molar-refractivity contribution is 6.11. The zero-order valence-corrected chi connectivity index (χ0v) is 27.8. The molecule has 0 fully saturated rings. The van der Waals surface area contributed by atoms with Gasteiger partial charge in [0.2, 0.25) is 0 Å². The van der Waals surface area contributed by atoms with Crippen molar-refractivity contribution in [1.29, 1.82) is 15.8 Å². The van der Waals surface area contributed by atoms with Crippen LogP contribution in [0.4, 0.5) is 0 Å². The molecule has 0 radical (unpaired) electrons. The van der Waals surface area contributed by atoms with Crippen molar-refractivity contribution >= 4 is 38.8 Å². The first-order chi connectivity index (χ1) is 25.1. The Kier molecular flexibility index (Phi) is 6.92. The summed E-state index contributed by atoms with van der Waals surface area (Å²) in [7, 11) is 0. The molecule has 1 atom stereocenters. The van der Waals surface area contributed by atoms with E-state index in [1.807, 2.05) is 66.7 Å². The molecular weight excluding hydrogens is 623 g/mol. The summed E-state index contributed by atoms with van der Waals surface area (Å²) in [5.74, 6) is 0.375. The van der Waals surface area contributed by atoms with Gasteiger partial charge in [0.25, 0.3) is 0 Å². The molecule has 1 aliphatic rings. The van der Waals surface area contributed by atoms with Crippen LogP contribution in [0.1, 0.15) is 34.9 Å². The minimum Gasteiger partial charge on any atom is -0.312 e. The summed E-state index contributed by atoms with van der Waals surface area (Å²) in [6, 6.07) is 50.0. The SMILES string of the molecule is CC1C=Cc2c(n(-c3ccccc3-c3cc(-c4ccc(-n5c6ccccc6c6c(C#N)cccc65)cc4)ccc3C#N)c3ccc(C#N)cc23)C1. The normalized spacial score (nSPS) is 13.6. The van der Waals surface area contributed by atoms with Gasteiger partial charge in [0.05, 0.1) is 57.1 Å². The fraction of sp³-hybridized carbons (Fsp3) is 0.0652. The van der Waals surface area contributed by atoms with Gasteiger partial charge in [-0.3, -0.25) is 0 Å². The predicted octanol–water partition coefficient (Wildman–Crippen LogP) is 10.9. The average molecular weight is 652 g/mol. The highest BCUT2D eigenvalue weighted by Gasteiger charge is 2.24. The third kappa shape index (κ3) is 4.67. The summed E-state index contributed by atoms with van der Waals surface area (Å²) < 4.78 is 4.54. The van der Waals surface area contributed by atoms with Gasteiger partial charge in [0, 0.05) is 44.2 Å². The smallest absolute Gasteiger partial charge is 0.0998 e. The van der Waals surface area contributed by atoms with Crippen LogP contribution in [0.15, 0.2) is 133 Å². The molecule has 2 heterocycles. The molecule has 0 saturated heterocycles. The molecule has 51 heavy (non-hydrogen) atoms. The second-order valence-corrected chi connectivity index (χ2v) is 13.2. The van der Waals surface area contributed by atoms with Gasteiger partial charge in [-0.25, -0.2) is 0 Å². The Hall–Kier alpha value is -7.13. The fourth-order valence-corrected chi connectivity index (χ4v) is 7.87. The molecule has 0 N–H and O–H groups in total. The van der Waals surface area contributed by atoms with Crippen molar-refractivity contribution in [3.63, 3.8) is 0 Å². The predicted molar refractivity (Wildman–Crippen MR) is 205 cm³/mol. The molecule has 2 aromatic heterocycles. The first-order valence-corrected chi connectivity index (χ1v) is 17.0. The van der Waals surface area contributed by atoms with Gasteiger partial charge in [-0.2, -0.15) is 15.8 Å². The molecule has 5 nitrogen and oxygen atoms in total. The van der Waals surface area contributed by atoms with Gasteiger partial charge >= 0.3 is 0 Å². The van der Waals surface area contributed by atoms with Crippen molar-refractivity contribution < 1.29 is 0 Å². The van der Waals surface area contributed by atoms with E-state index in [1.165, 1.54) is 5.69 Å². The topological polar surface area (TPSA) is 81.2 Å². The summed E-state index contributed by atoms with van der Waals surface area (Å²) in [5.41, 5.74) is 13.2. The monoisotopic (exact) mass is 651 g/mol. The van der Waals surface area contributed by atoms with Gasteiger partial charge in [-0.1, -0.05) is 79.7 Å². The molecule has 0 bridgehead atoms. The van der Waals surface area contributed by atoms with Crippen molar-refractivity contribution in [1.82, 2.24) is 9.13 Å². The first kappa shape index (κ1) is 30.0. The Bertz CT molecular complexity index is 2880. The summed E-state index contributed by atoms with van der Waals surface area (Å²) >= 11 is 0. The lowest BCUT2D eigenvalue weighted by atomic mass is 9.93. The number of nitrogens with zero attached hydrogens (tertiary/aromatic N) is 5. The lowest BCUT2D eigenvalue weighted by Crippen LogP contribution is -2.09. The maximum atomic E-state index is 10.4. The van der Waals surface area contributed by atoms with E-state index in [0.29, 0.717) is 22.6 Å². The largest absolute Gasteiger partial charge is 0.312 e. The number of nitriles is 3.